The maximum atomic E-state index is 14.2. The third-order valence-electron chi connectivity index (χ3n) is 3.95. The molecule has 3 rings (SSSR count). The zero-order chi connectivity index (χ0) is 15.2. The highest BCUT2D eigenvalue weighted by atomic mass is 35.5. The molecule has 2 aliphatic rings. The van der Waals surface area contributed by atoms with E-state index in [1.54, 1.807) is 0 Å². The number of nitrogens with two attached hydrogens (primary N) is 1. The second-order valence-corrected chi connectivity index (χ2v) is 8.34. The molecule has 4 nitrogen and oxygen atoms in total. The van der Waals surface area contributed by atoms with Gasteiger partial charge in [0.15, 0.2) is 5.82 Å². The summed E-state index contributed by atoms with van der Waals surface area (Å²) in [4.78, 5) is -0.409. The van der Waals surface area contributed by atoms with E-state index in [-0.39, 0.29) is 10.7 Å². The number of benzene rings is 1. The largest absolute Gasteiger partial charge is 0.399 e. The molecule has 1 aromatic rings. The Morgan fingerprint density at radius 2 is 1.71 bits per heavy atom. The van der Waals surface area contributed by atoms with Crippen LogP contribution in [0.4, 0.5) is 10.1 Å². The minimum absolute atomic E-state index is 0.151. The summed E-state index contributed by atoms with van der Waals surface area (Å²) in [6.45, 7) is 0.926. The van der Waals surface area contributed by atoms with E-state index in [1.165, 1.54) is 10.4 Å². The molecular formula is C14H18ClFN2O2S. The van der Waals surface area contributed by atoms with Gasteiger partial charge in [0.2, 0.25) is 10.0 Å². The minimum Gasteiger partial charge on any atom is -0.399 e. The SMILES string of the molecule is Nc1cc(Cl)c(F)c(S(=O)(=O)N(CC2CC2)CC2CC2)c1. The van der Waals surface area contributed by atoms with Gasteiger partial charge in [0.25, 0.3) is 0 Å². The summed E-state index contributed by atoms with van der Waals surface area (Å²) >= 11 is 5.73. The summed E-state index contributed by atoms with van der Waals surface area (Å²) in [7, 11) is -3.89. The Balaban J connectivity index is 1.95. The fourth-order valence-electron chi connectivity index (χ4n) is 2.36. The van der Waals surface area contributed by atoms with Crippen molar-refractivity contribution < 1.29 is 12.8 Å². The lowest BCUT2D eigenvalue weighted by Gasteiger charge is -2.22. The van der Waals surface area contributed by atoms with Crippen molar-refractivity contribution in [3.05, 3.63) is 23.0 Å². The lowest BCUT2D eigenvalue weighted by atomic mass is 10.3. The van der Waals surface area contributed by atoms with E-state index >= 15 is 0 Å². The van der Waals surface area contributed by atoms with Gasteiger partial charge in [-0.15, -0.1) is 0 Å². The van der Waals surface area contributed by atoms with Crippen LogP contribution >= 0.6 is 11.6 Å². The van der Waals surface area contributed by atoms with Crippen LogP contribution in [0, 0.1) is 17.7 Å². The smallest absolute Gasteiger partial charge is 0.246 e. The fraction of sp³-hybridized carbons (Fsp3) is 0.571. The van der Waals surface area contributed by atoms with Crippen molar-refractivity contribution in [2.24, 2.45) is 11.8 Å². The van der Waals surface area contributed by atoms with Gasteiger partial charge in [-0.25, -0.2) is 12.8 Å². The van der Waals surface area contributed by atoms with Gasteiger partial charge in [0.1, 0.15) is 4.90 Å². The highest BCUT2D eigenvalue weighted by molar-refractivity contribution is 7.89. The van der Waals surface area contributed by atoms with Gasteiger partial charge >= 0.3 is 0 Å². The zero-order valence-electron chi connectivity index (χ0n) is 11.6. The topological polar surface area (TPSA) is 63.4 Å². The quantitative estimate of drug-likeness (QED) is 0.815. The van der Waals surface area contributed by atoms with Crippen LogP contribution in [0.1, 0.15) is 25.7 Å². The average Bonchev–Trinajstić information content (AvgIpc) is 3.27. The van der Waals surface area contributed by atoms with Crippen molar-refractivity contribution in [1.82, 2.24) is 4.31 Å². The monoisotopic (exact) mass is 332 g/mol. The van der Waals surface area contributed by atoms with Crippen molar-refractivity contribution in [1.29, 1.82) is 0 Å². The van der Waals surface area contributed by atoms with Crippen molar-refractivity contribution >= 4 is 27.3 Å². The molecule has 2 saturated carbocycles. The second-order valence-electron chi connectivity index (χ2n) is 6.02. The molecule has 0 aromatic heterocycles. The highest BCUT2D eigenvalue weighted by Crippen LogP contribution is 2.37. The molecule has 2 aliphatic carbocycles. The molecule has 0 saturated heterocycles. The Hall–Kier alpha value is -0.850. The third kappa shape index (κ3) is 3.33. The number of rotatable bonds is 6. The average molecular weight is 333 g/mol. The first-order chi connectivity index (χ1) is 9.88. The number of sulfonamides is 1. The van der Waals surface area contributed by atoms with Crippen LogP contribution in [0.2, 0.25) is 5.02 Å². The molecule has 0 heterocycles. The van der Waals surface area contributed by atoms with Crippen LogP contribution in [0.3, 0.4) is 0 Å². The van der Waals surface area contributed by atoms with Gasteiger partial charge in [-0.3, -0.25) is 0 Å². The summed E-state index contributed by atoms with van der Waals surface area (Å²) in [6.07, 6.45) is 4.15. The van der Waals surface area contributed by atoms with Crippen LogP contribution in [0.25, 0.3) is 0 Å². The van der Waals surface area contributed by atoms with Gasteiger partial charge in [0.05, 0.1) is 5.02 Å². The van der Waals surface area contributed by atoms with E-state index in [2.05, 4.69) is 0 Å². The first-order valence-electron chi connectivity index (χ1n) is 7.12. The number of hydrogen-bond acceptors (Lipinski definition) is 3. The summed E-state index contributed by atoms with van der Waals surface area (Å²) in [5.41, 5.74) is 5.77. The Bertz CT molecular complexity index is 643. The minimum atomic E-state index is -3.89. The molecule has 7 heteroatoms. The summed E-state index contributed by atoms with van der Waals surface area (Å²) in [5, 5.41) is -0.258. The van der Waals surface area contributed by atoms with Gasteiger partial charge < -0.3 is 5.73 Å². The molecule has 0 amide bonds. The van der Waals surface area contributed by atoms with E-state index in [0.717, 1.165) is 31.7 Å². The zero-order valence-corrected chi connectivity index (χ0v) is 13.1. The molecule has 2 fully saturated rings. The molecule has 1 aromatic carbocycles. The normalized spacial score (nSPS) is 19.2. The lowest BCUT2D eigenvalue weighted by Crippen LogP contribution is -2.35. The van der Waals surface area contributed by atoms with Crippen LogP contribution in [0.15, 0.2) is 17.0 Å². The third-order valence-corrected chi connectivity index (χ3v) is 6.06. The Labute approximate surface area is 129 Å². The molecule has 21 heavy (non-hydrogen) atoms. The number of halogens is 2. The van der Waals surface area contributed by atoms with Crippen molar-refractivity contribution in [3.8, 4) is 0 Å². The molecule has 0 aliphatic heterocycles. The van der Waals surface area contributed by atoms with Crippen LogP contribution in [-0.4, -0.2) is 25.8 Å². The molecule has 0 unspecified atom stereocenters. The number of anilines is 1. The van der Waals surface area contributed by atoms with E-state index in [1.807, 2.05) is 0 Å². The first-order valence-corrected chi connectivity index (χ1v) is 8.94. The van der Waals surface area contributed by atoms with Gasteiger partial charge in [0, 0.05) is 18.8 Å². The summed E-state index contributed by atoms with van der Waals surface area (Å²) < 4.78 is 41.1. The predicted octanol–water partition coefficient (Wildman–Crippen LogP) is 2.87. The van der Waals surface area contributed by atoms with E-state index in [0.29, 0.717) is 24.9 Å². The van der Waals surface area contributed by atoms with Crippen LogP contribution < -0.4 is 5.73 Å². The van der Waals surface area contributed by atoms with Crippen molar-refractivity contribution in [3.63, 3.8) is 0 Å². The van der Waals surface area contributed by atoms with Gasteiger partial charge in [-0.1, -0.05) is 11.6 Å². The van der Waals surface area contributed by atoms with E-state index in [4.69, 9.17) is 17.3 Å². The maximum Gasteiger partial charge on any atom is 0.246 e. The molecule has 116 valence electrons. The first kappa shape index (κ1) is 15.1. The summed E-state index contributed by atoms with van der Waals surface area (Å²) in [6, 6.07) is 2.38. The Morgan fingerprint density at radius 3 is 2.19 bits per heavy atom. The van der Waals surface area contributed by atoms with E-state index in [9.17, 15) is 12.8 Å². The standard InChI is InChI=1S/C14H18ClFN2O2S/c15-12-5-11(17)6-13(14(12)16)21(19,20)18(7-9-1-2-9)8-10-3-4-10/h5-6,9-10H,1-4,7-8,17H2. The van der Waals surface area contributed by atoms with Crippen molar-refractivity contribution in [2.45, 2.75) is 30.6 Å². The molecule has 2 N–H and O–H groups in total. The van der Waals surface area contributed by atoms with Gasteiger partial charge in [-0.2, -0.15) is 4.31 Å². The molecule has 0 radical (unpaired) electrons. The molecular weight excluding hydrogens is 315 g/mol. The highest BCUT2D eigenvalue weighted by Gasteiger charge is 2.37. The number of nitrogen functional groups attached to an aromatic ring is 1. The maximum absolute atomic E-state index is 14.2. The van der Waals surface area contributed by atoms with Crippen LogP contribution in [-0.2, 0) is 10.0 Å². The molecule has 0 atom stereocenters. The molecule has 0 bridgehead atoms. The second kappa shape index (κ2) is 5.41. The predicted molar refractivity (Wildman–Crippen MR) is 80.0 cm³/mol. The Morgan fingerprint density at radius 1 is 1.19 bits per heavy atom. The lowest BCUT2D eigenvalue weighted by molar-refractivity contribution is 0.379. The number of nitrogens with zero attached hydrogens (tertiary/aromatic N) is 1. The summed E-state index contributed by atoms with van der Waals surface area (Å²) in [5.74, 6) is -0.112. The van der Waals surface area contributed by atoms with Crippen LogP contribution in [0.5, 0.6) is 0 Å². The molecule has 0 spiro atoms. The van der Waals surface area contributed by atoms with E-state index < -0.39 is 20.7 Å². The Kier molecular flexibility index (Phi) is 3.88. The fourth-order valence-corrected chi connectivity index (χ4v) is 4.36. The van der Waals surface area contributed by atoms with Crippen molar-refractivity contribution in [2.75, 3.05) is 18.8 Å². The number of hydrogen-bond donors (Lipinski definition) is 1. The van der Waals surface area contributed by atoms with Gasteiger partial charge in [-0.05, 0) is 49.7 Å².